The van der Waals surface area contributed by atoms with Gasteiger partial charge >= 0.3 is 0 Å². The largest absolute Gasteiger partial charge is 0.493 e. The molecule has 0 saturated heterocycles. The minimum Gasteiger partial charge on any atom is -0.493 e. The van der Waals surface area contributed by atoms with Gasteiger partial charge in [-0.05, 0) is 43.7 Å². The van der Waals surface area contributed by atoms with Gasteiger partial charge in [-0.15, -0.1) is 0 Å². The summed E-state index contributed by atoms with van der Waals surface area (Å²) in [6.45, 7) is 6.95. The Hall–Kier alpha value is -2.93. The summed E-state index contributed by atoms with van der Waals surface area (Å²) in [5.74, 6) is 2.91. The number of ether oxygens (including phenoxy) is 4. The average molecular weight is 402 g/mol. The van der Waals surface area contributed by atoms with Crippen LogP contribution in [0.5, 0.6) is 17.2 Å². The third kappa shape index (κ3) is 7.54. The zero-order chi connectivity index (χ0) is 20.9. The molecule has 2 N–H and O–H groups in total. The van der Waals surface area contributed by atoms with Crippen molar-refractivity contribution < 1.29 is 18.9 Å². The van der Waals surface area contributed by atoms with Gasteiger partial charge in [-0.1, -0.05) is 12.1 Å². The van der Waals surface area contributed by atoms with Crippen LogP contribution in [0.4, 0.5) is 5.69 Å². The lowest BCUT2D eigenvalue weighted by molar-refractivity contribution is 0.146. The van der Waals surface area contributed by atoms with Crippen molar-refractivity contribution in [2.24, 2.45) is 4.99 Å². The maximum absolute atomic E-state index is 5.64. The molecule has 0 aromatic heterocycles. The zero-order valence-corrected chi connectivity index (χ0v) is 17.7. The number of guanidine groups is 1. The van der Waals surface area contributed by atoms with Crippen LogP contribution in [0.3, 0.4) is 0 Å². The smallest absolute Gasteiger partial charge is 0.196 e. The van der Waals surface area contributed by atoms with E-state index in [1.54, 1.807) is 14.2 Å². The molecule has 0 bridgehead atoms. The predicted molar refractivity (Wildman–Crippen MR) is 116 cm³/mol. The van der Waals surface area contributed by atoms with Gasteiger partial charge in [-0.2, -0.15) is 0 Å². The number of aliphatic imine (C=N–C) groups is 1. The first-order valence-electron chi connectivity index (χ1n) is 9.77. The highest BCUT2D eigenvalue weighted by Crippen LogP contribution is 2.30. The number of hydrogen-bond acceptors (Lipinski definition) is 5. The lowest BCUT2D eigenvalue weighted by atomic mass is 10.2. The van der Waals surface area contributed by atoms with Crippen LogP contribution in [0.2, 0.25) is 0 Å². The Bertz CT molecular complexity index is 763. The van der Waals surface area contributed by atoms with Crippen LogP contribution in [0.25, 0.3) is 0 Å². The molecular formula is C22H31N3O4. The Morgan fingerprint density at radius 1 is 0.931 bits per heavy atom. The van der Waals surface area contributed by atoms with Crippen molar-refractivity contribution in [2.75, 3.05) is 45.9 Å². The van der Waals surface area contributed by atoms with Gasteiger partial charge in [-0.25, -0.2) is 4.99 Å². The number of benzene rings is 2. The number of nitrogens with zero attached hydrogens (tertiary/aromatic N) is 1. The lowest BCUT2D eigenvalue weighted by Crippen LogP contribution is -2.30. The fourth-order valence-electron chi connectivity index (χ4n) is 2.57. The highest BCUT2D eigenvalue weighted by molar-refractivity contribution is 5.93. The molecule has 2 aromatic carbocycles. The summed E-state index contributed by atoms with van der Waals surface area (Å²) < 4.78 is 21.5. The first-order chi connectivity index (χ1) is 14.2. The standard InChI is InChI=1S/C22H31N3O4/c1-5-23-22(25-18-9-12-20(27-4)21(15-18)28-6-2)24-16-17-7-10-19(11-8-17)29-14-13-26-3/h7-12,15H,5-6,13-14,16H2,1-4H3,(H2,23,24,25). The summed E-state index contributed by atoms with van der Waals surface area (Å²) in [4.78, 5) is 4.66. The molecule has 2 rings (SSSR count). The van der Waals surface area contributed by atoms with Crippen molar-refractivity contribution in [3.63, 3.8) is 0 Å². The first kappa shape index (κ1) is 22.4. The Balaban J connectivity index is 2.03. The van der Waals surface area contributed by atoms with Crippen molar-refractivity contribution in [1.29, 1.82) is 0 Å². The lowest BCUT2D eigenvalue weighted by Gasteiger charge is -2.14. The Morgan fingerprint density at radius 2 is 1.72 bits per heavy atom. The van der Waals surface area contributed by atoms with E-state index in [2.05, 4.69) is 15.6 Å². The molecule has 0 aliphatic heterocycles. The molecule has 0 spiro atoms. The average Bonchev–Trinajstić information content (AvgIpc) is 2.74. The molecule has 158 valence electrons. The van der Waals surface area contributed by atoms with Crippen molar-refractivity contribution in [3.05, 3.63) is 48.0 Å². The Labute approximate surface area is 173 Å². The maximum atomic E-state index is 5.64. The van der Waals surface area contributed by atoms with Gasteiger partial charge in [0.2, 0.25) is 0 Å². The quantitative estimate of drug-likeness (QED) is 0.340. The molecule has 0 aliphatic carbocycles. The maximum Gasteiger partial charge on any atom is 0.196 e. The van der Waals surface area contributed by atoms with Crippen LogP contribution in [0.15, 0.2) is 47.5 Å². The van der Waals surface area contributed by atoms with Gasteiger partial charge in [0.1, 0.15) is 12.4 Å². The van der Waals surface area contributed by atoms with Crippen LogP contribution in [0, 0.1) is 0 Å². The topological polar surface area (TPSA) is 73.3 Å². The summed E-state index contributed by atoms with van der Waals surface area (Å²) in [6.07, 6.45) is 0. The molecule has 0 fully saturated rings. The van der Waals surface area contributed by atoms with Crippen molar-refractivity contribution in [3.8, 4) is 17.2 Å². The zero-order valence-electron chi connectivity index (χ0n) is 17.7. The second kappa shape index (κ2) is 12.5. The van der Waals surface area contributed by atoms with Gasteiger partial charge in [0.05, 0.1) is 26.9 Å². The van der Waals surface area contributed by atoms with E-state index in [0.29, 0.717) is 43.8 Å². The van der Waals surface area contributed by atoms with Crippen LogP contribution in [0.1, 0.15) is 19.4 Å². The molecule has 0 aliphatic rings. The second-order valence-electron chi connectivity index (χ2n) is 6.10. The molecular weight excluding hydrogens is 370 g/mol. The summed E-state index contributed by atoms with van der Waals surface area (Å²) in [5.41, 5.74) is 1.96. The van der Waals surface area contributed by atoms with E-state index < -0.39 is 0 Å². The van der Waals surface area contributed by atoms with Crippen molar-refractivity contribution >= 4 is 11.6 Å². The van der Waals surface area contributed by atoms with E-state index in [1.165, 1.54) is 0 Å². The minimum atomic E-state index is 0.536. The van der Waals surface area contributed by atoms with E-state index >= 15 is 0 Å². The number of rotatable bonds is 11. The van der Waals surface area contributed by atoms with E-state index in [1.807, 2.05) is 56.3 Å². The van der Waals surface area contributed by atoms with Crippen LogP contribution in [-0.4, -0.2) is 46.5 Å². The number of nitrogens with one attached hydrogen (secondary N) is 2. The third-order valence-electron chi connectivity index (χ3n) is 3.97. The van der Waals surface area contributed by atoms with Gasteiger partial charge in [-0.3, -0.25) is 0 Å². The number of hydrogen-bond donors (Lipinski definition) is 2. The molecule has 0 saturated carbocycles. The first-order valence-corrected chi connectivity index (χ1v) is 9.77. The minimum absolute atomic E-state index is 0.536. The highest BCUT2D eigenvalue weighted by atomic mass is 16.5. The second-order valence-corrected chi connectivity index (χ2v) is 6.10. The van der Waals surface area contributed by atoms with Crippen LogP contribution in [-0.2, 0) is 11.3 Å². The van der Waals surface area contributed by atoms with E-state index in [0.717, 1.165) is 23.5 Å². The summed E-state index contributed by atoms with van der Waals surface area (Å²) in [5, 5.41) is 6.57. The molecule has 0 heterocycles. The molecule has 0 amide bonds. The van der Waals surface area contributed by atoms with Crippen molar-refractivity contribution in [2.45, 2.75) is 20.4 Å². The number of anilines is 1. The highest BCUT2D eigenvalue weighted by Gasteiger charge is 2.07. The third-order valence-corrected chi connectivity index (χ3v) is 3.97. The van der Waals surface area contributed by atoms with Gasteiger partial charge in [0.25, 0.3) is 0 Å². The number of methoxy groups -OCH3 is 2. The molecule has 7 heteroatoms. The fourth-order valence-corrected chi connectivity index (χ4v) is 2.57. The van der Waals surface area contributed by atoms with Gasteiger partial charge in [0.15, 0.2) is 17.5 Å². The van der Waals surface area contributed by atoms with Gasteiger partial charge < -0.3 is 29.6 Å². The van der Waals surface area contributed by atoms with Gasteiger partial charge in [0, 0.05) is 25.4 Å². The summed E-state index contributed by atoms with van der Waals surface area (Å²) >= 11 is 0. The fraction of sp³-hybridized carbons (Fsp3) is 0.409. The van der Waals surface area contributed by atoms with Crippen LogP contribution < -0.4 is 24.8 Å². The van der Waals surface area contributed by atoms with E-state index in [9.17, 15) is 0 Å². The van der Waals surface area contributed by atoms with Crippen LogP contribution >= 0.6 is 0 Å². The molecule has 7 nitrogen and oxygen atoms in total. The molecule has 0 unspecified atom stereocenters. The molecule has 0 atom stereocenters. The molecule has 2 aromatic rings. The normalized spacial score (nSPS) is 11.1. The summed E-state index contributed by atoms with van der Waals surface area (Å²) in [7, 11) is 3.29. The predicted octanol–water partition coefficient (Wildman–Crippen LogP) is 3.70. The Kier molecular flexibility index (Phi) is 9.65. The van der Waals surface area contributed by atoms with E-state index in [4.69, 9.17) is 18.9 Å². The van der Waals surface area contributed by atoms with Crippen molar-refractivity contribution in [1.82, 2.24) is 5.32 Å². The molecule has 29 heavy (non-hydrogen) atoms. The summed E-state index contributed by atoms with van der Waals surface area (Å²) in [6, 6.07) is 13.6. The monoisotopic (exact) mass is 401 g/mol. The SMILES string of the molecule is CCNC(=NCc1ccc(OCCOC)cc1)Nc1ccc(OC)c(OCC)c1. The molecule has 0 radical (unpaired) electrons. The Morgan fingerprint density at radius 3 is 2.38 bits per heavy atom. The van der Waals surface area contributed by atoms with E-state index in [-0.39, 0.29) is 0 Å².